The average Bonchev–Trinajstić information content (AvgIpc) is 3.09. The van der Waals surface area contributed by atoms with Gasteiger partial charge in [-0.05, 0) is 85.5 Å². The van der Waals surface area contributed by atoms with Crippen LogP contribution in [0.25, 0.3) is 0 Å². The third-order valence-electron chi connectivity index (χ3n) is 9.21. The van der Waals surface area contributed by atoms with Gasteiger partial charge in [-0.25, -0.2) is 0 Å². The highest BCUT2D eigenvalue weighted by atomic mass is 16.5. The van der Waals surface area contributed by atoms with Gasteiger partial charge in [0, 0.05) is 11.8 Å². The molecule has 1 aromatic carbocycles. The Morgan fingerprint density at radius 3 is 2.78 bits per heavy atom. The molecule has 0 aliphatic heterocycles. The molecule has 1 aromatic rings. The van der Waals surface area contributed by atoms with Crippen molar-refractivity contribution in [2.75, 3.05) is 0 Å². The SMILES string of the molecule is CCCCCCCC(C)CC(=O)O[C@H]1CC[C@H]2[C@@H]3CCc4cc(O)ccc4[C@H]3CC[C@]12C. The lowest BCUT2D eigenvalue weighted by atomic mass is 9.55. The fourth-order valence-electron chi connectivity index (χ4n) is 7.40. The van der Waals surface area contributed by atoms with E-state index in [9.17, 15) is 9.90 Å². The highest BCUT2D eigenvalue weighted by molar-refractivity contribution is 5.70. The molecule has 2 fully saturated rings. The summed E-state index contributed by atoms with van der Waals surface area (Å²) in [6.45, 7) is 6.86. The van der Waals surface area contributed by atoms with E-state index in [1.54, 1.807) is 0 Å². The monoisotopic (exact) mass is 440 g/mol. The van der Waals surface area contributed by atoms with Crippen molar-refractivity contribution in [2.24, 2.45) is 23.2 Å². The maximum atomic E-state index is 12.8. The first-order chi connectivity index (χ1) is 15.4. The molecule has 4 rings (SSSR count). The molecule has 3 aliphatic rings. The number of benzene rings is 1. The molecular formula is C29H44O3. The minimum absolute atomic E-state index is 0.0320. The molecule has 0 spiro atoms. The molecule has 3 aliphatic carbocycles. The van der Waals surface area contributed by atoms with Crippen molar-refractivity contribution in [3.63, 3.8) is 0 Å². The van der Waals surface area contributed by atoms with Crippen molar-refractivity contribution < 1.29 is 14.6 Å². The molecule has 0 saturated heterocycles. The van der Waals surface area contributed by atoms with Gasteiger partial charge in [0.15, 0.2) is 0 Å². The number of hydrogen-bond acceptors (Lipinski definition) is 3. The van der Waals surface area contributed by atoms with Gasteiger partial charge in [-0.15, -0.1) is 0 Å². The number of ether oxygens (including phenoxy) is 1. The second-order valence-electron chi connectivity index (χ2n) is 11.4. The van der Waals surface area contributed by atoms with Crippen LogP contribution in [0.4, 0.5) is 0 Å². The normalized spacial score (nSPS) is 32.0. The van der Waals surface area contributed by atoms with E-state index in [1.165, 1.54) is 62.5 Å². The van der Waals surface area contributed by atoms with Crippen LogP contribution in [0, 0.1) is 23.2 Å². The van der Waals surface area contributed by atoms with Crippen molar-refractivity contribution in [2.45, 2.75) is 116 Å². The number of rotatable bonds is 9. The van der Waals surface area contributed by atoms with E-state index in [2.05, 4.69) is 26.8 Å². The number of carbonyl (C=O) groups excluding carboxylic acids is 1. The highest BCUT2D eigenvalue weighted by Gasteiger charge is 2.56. The van der Waals surface area contributed by atoms with Crippen LogP contribution in [0.5, 0.6) is 5.75 Å². The number of esters is 1. The van der Waals surface area contributed by atoms with E-state index < -0.39 is 0 Å². The van der Waals surface area contributed by atoms with E-state index in [1.807, 2.05) is 12.1 Å². The Morgan fingerprint density at radius 2 is 1.97 bits per heavy atom. The molecule has 3 nitrogen and oxygen atoms in total. The lowest BCUT2D eigenvalue weighted by molar-refractivity contribution is -0.158. The molecule has 32 heavy (non-hydrogen) atoms. The Kier molecular flexibility index (Phi) is 7.52. The Hall–Kier alpha value is -1.51. The first-order valence-electron chi connectivity index (χ1n) is 13.4. The molecule has 0 heterocycles. The zero-order valence-corrected chi connectivity index (χ0v) is 20.6. The molecule has 2 saturated carbocycles. The third-order valence-corrected chi connectivity index (χ3v) is 9.21. The summed E-state index contributed by atoms with van der Waals surface area (Å²) < 4.78 is 6.19. The number of unbranched alkanes of at least 4 members (excludes halogenated alkanes) is 4. The van der Waals surface area contributed by atoms with Crippen molar-refractivity contribution in [1.29, 1.82) is 0 Å². The Labute approximate surface area is 195 Å². The summed E-state index contributed by atoms with van der Waals surface area (Å²) in [5.74, 6) is 2.81. The molecule has 178 valence electrons. The largest absolute Gasteiger partial charge is 0.508 e. The highest BCUT2D eigenvalue weighted by Crippen LogP contribution is 2.61. The summed E-state index contributed by atoms with van der Waals surface area (Å²) >= 11 is 0. The summed E-state index contributed by atoms with van der Waals surface area (Å²) in [7, 11) is 0. The summed E-state index contributed by atoms with van der Waals surface area (Å²) in [5.41, 5.74) is 2.95. The second-order valence-corrected chi connectivity index (χ2v) is 11.4. The average molecular weight is 441 g/mol. The van der Waals surface area contributed by atoms with Crippen molar-refractivity contribution in [3.05, 3.63) is 29.3 Å². The van der Waals surface area contributed by atoms with Crippen LogP contribution in [0.1, 0.15) is 115 Å². The first-order valence-corrected chi connectivity index (χ1v) is 13.4. The smallest absolute Gasteiger partial charge is 0.306 e. The molecular weight excluding hydrogens is 396 g/mol. The van der Waals surface area contributed by atoms with Crippen LogP contribution in [0.3, 0.4) is 0 Å². The van der Waals surface area contributed by atoms with Crippen LogP contribution < -0.4 is 0 Å². The van der Waals surface area contributed by atoms with Gasteiger partial charge in [0.1, 0.15) is 11.9 Å². The number of aromatic hydroxyl groups is 1. The predicted octanol–water partition coefficient (Wildman–Crippen LogP) is 7.55. The zero-order valence-electron chi connectivity index (χ0n) is 20.6. The van der Waals surface area contributed by atoms with Gasteiger partial charge in [-0.2, -0.15) is 0 Å². The van der Waals surface area contributed by atoms with Crippen LogP contribution >= 0.6 is 0 Å². The van der Waals surface area contributed by atoms with Crippen LogP contribution in [0.2, 0.25) is 0 Å². The lowest BCUT2D eigenvalue weighted by Gasteiger charge is -2.50. The predicted molar refractivity (Wildman–Crippen MR) is 130 cm³/mol. The van der Waals surface area contributed by atoms with E-state index in [-0.39, 0.29) is 17.5 Å². The number of carbonyl (C=O) groups is 1. The number of phenols is 1. The molecule has 1 N–H and O–H groups in total. The van der Waals surface area contributed by atoms with E-state index >= 15 is 0 Å². The number of phenolic OH excluding ortho intramolecular Hbond substituents is 1. The number of hydrogen-bond donors (Lipinski definition) is 1. The minimum Gasteiger partial charge on any atom is -0.508 e. The van der Waals surface area contributed by atoms with Gasteiger partial charge in [-0.1, -0.05) is 65.4 Å². The van der Waals surface area contributed by atoms with Gasteiger partial charge in [0.25, 0.3) is 0 Å². The Morgan fingerprint density at radius 1 is 1.16 bits per heavy atom. The van der Waals surface area contributed by atoms with Gasteiger partial charge >= 0.3 is 5.97 Å². The Bertz CT molecular complexity index is 787. The molecule has 3 heteroatoms. The standard InChI is InChI=1S/C29H44O3/c1-4-5-6-7-8-9-20(2)18-28(31)32-27-15-14-26-25-12-10-21-19-22(30)11-13-23(21)24(25)16-17-29(26,27)3/h11,13,19-20,24-27,30H,4-10,12,14-18H2,1-3H3/t20?,24-,25-,26+,27+,29+/m1/s1. The van der Waals surface area contributed by atoms with Crippen molar-refractivity contribution >= 4 is 5.97 Å². The fraction of sp³-hybridized carbons (Fsp3) is 0.759. The second kappa shape index (κ2) is 10.2. The molecule has 0 aromatic heterocycles. The number of fused-ring (bicyclic) bond motifs is 5. The summed E-state index contributed by atoms with van der Waals surface area (Å²) in [6, 6.07) is 6.00. The van der Waals surface area contributed by atoms with Gasteiger partial charge in [0.05, 0.1) is 0 Å². The van der Waals surface area contributed by atoms with Crippen LogP contribution in [0.15, 0.2) is 18.2 Å². The topological polar surface area (TPSA) is 46.5 Å². The zero-order chi connectivity index (χ0) is 22.7. The van der Waals surface area contributed by atoms with E-state index in [0.717, 1.165) is 25.7 Å². The third kappa shape index (κ3) is 4.87. The molecule has 0 amide bonds. The Balaban J connectivity index is 1.32. The summed E-state index contributed by atoms with van der Waals surface area (Å²) in [6.07, 6.45) is 15.1. The minimum atomic E-state index is 0.0320. The molecule has 1 unspecified atom stereocenters. The van der Waals surface area contributed by atoms with E-state index in [0.29, 0.717) is 35.8 Å². The molecule has 0 bridgehead atoms. The number of aryl methyl sites for hydroxylation is 1. The van der Waals surface area contributed by atoms with Gasteiger partial charge < -0.3 is 9.84 Å². The fourth-order valence-corrected chi connectivity index (χ4v) is 7.40. The van der Waals surface area contributed by atoms with Gasteiger partial charge in [0.2, 0.25) is 0 Å². The molecule has 6 atom stereocenters. The van der Waals surface area contributed by atoms with Crippen molar-refractivity contribution in [1.82, 2.24) is 0 Å². The van der Waals surface area contributed by atoms with Crippen LogP contribution in [-0.2, 0) is 16.0 Å². The van der Waals surface area contributed by atoms with Crippen LogP contribution in [-0.4, -0.2) is 17.2 Å². The van der Waals surface area contributed by atoms with Crippen molar-refractivity contribution in [3.8, 4) is 5.75 Å². The lowest BCUT2D eigenvalue weighted by Crippen LogP contribution is -2.45. The quantitative estimate of drug-likeness (QED) is 0.318. The summed E-state index contributed by atoms with van der Waals surface area (Å²) in [5, 5.41) is 9.89. The first kappa shape index (κ1) is 23.6. The molecule has 0 radical (unpaired) electrons. The van der Waals surface area contributed by atoms with Gasteiger partial charge in [-0.3, -0.25) is 4.79 Å². The maximum Gasteiger partial charge on any atom is 0.306 e. The summed E-state index contributed by atoms with van der Waals surface area (Å²) in [4.78, 5) is 12.8. The van der Waals surface area contributed by atoms with E-state index in [4.69, 9.17) is 4.74 Å². The maximum absolute atomic E-state index is 12.8.